The number of nitrogens with zero attached hydrogens (tertiary/aromatic N) is 3. The van der Waals surface area contributed by atoms with Crippen molar-refractivity contribution in [3.05, 3.63) is 30.1 Å². The van der Waals surface area contributed by atoms with Crippen LogP contribution in [0.5, 0.6) is 0 Å². The molecule has 0 saturated carbocycles. The van der Waals surface area contributed by atoms with Crippen LogP contribution >= 0.6 is 0 Å². The fraction of sp³-hybridized carbons (Fsp3) is 0.632. The Balaban J connectivity index is 0.000000383. The zero-order chi connectivity index (χ0) is 27.9. The fourth-order valence-corrected chi connectivity index (χ4v) is 4.70. The first kappa shape index (κ1) is 31.5. The van der Waals surface area contributed by atoms with Crippen molar-refractivity contribution in [3.63, 3.8) is 0 Å². The van der Waals surface area contributed by atoms with Gasteiger partial charge in [-0.05, 0) is 31.5 Å². The third-order valence-corrected chi connectivity index (χ3v) is 6.35. The second-order valence-corrected chi connectivity index (χ2v) is 9.76. The highest BCUT2D eigenvalue weighted by Gasteiger charge is 2.48. The van der Waals surface area contributed by atoms with Gasteiger partial charge >= 0.3 is 24.3 Å². The lowest BCUT2D eigenvalue weighted by molar-refractivity contribution is -0.193. The van der Waals surface area contributed by atoms with Gasteiger partial charge in [0.05, 0.1) is 24.4 Å². The monoisotopic (exact) mass is 553 g/mol. The van der Waals surface area contributed by atoms with Crippen molar-refractivity contribution in [1.29, 1.82) is 0 Å². The average molecular weight is 553 g/mol. The van der Waals surface area contributed by atoms with Crippen molar-refractivity contribution in [3.8, 4) is 0 Å². The molecule has 3 atom stereocenters. The molecule has 0 amide bonds. The topological polar surface area (TPSA) is 137 Å². The third-order valence-electron chi connectivity index (χ3n) is 5.08. The number of carboxylic acids is 2. The summed E-state index contributed by atoms with van der Waals surface area (Å²) in [6.07, 6.45) is -3.50. The summed E-state index contributed by atoms with van der Waals surface area (Å²) in [6, 6.07) is 4.01. The lowest BCUT2D eigenvalue weighted by atomic mass is 10.0. The fourth-order valence-electron chi connectivity index (χ4n) is 3.55. The van der Waals surface area contributed by atoms with Crippen LogP contribution in [0.3, 0.4) is 0 Å². The van der Waals surface area contributed by atoms with Gasteiger partial charge < -0.3 is 14.9 Å². The van der Waals surface area contributed by atoms with Gasteiger partial charge in [-0.25, -0.2) is 18.0 Å². The van der Waals surface area contributed by atoms with Gasteiger partial charge in [0.1, 0.15) is 0 Å². The van der Waals surface area contributed by atoms with Crippen LogP contribution in [0.25, 0.3) is 0 Å². The van der Waals surface area contributed by atoms with E-state index >= 15 is 0 Å². The number of hydrogen-bond acceptors (Lipinski definition) is 7. The molecular weight excluding hydrogens is 528 g/mol. The molecule has 3 heterocycles. The predicted molar refractivity (Wildman–Crippen MR) is 111 cm³/mol. The van der Waals surface area contributed by atoms with E-state index in [1.807, 2.05) is 25.4 Å². The number of fused-ring (bicyclic) bond motifs is 1. The van der Waals surface area contributed by atoms with Gasteiger partial charge in [-0.1, -0.05) is 6.07 Å². The van der Waals surface area contributed by atoms with E-state index in [1.54, 1.807) is 10.5 Å². The van der Waals surface area contributed by atoms with Crippen LogP contribution in [0.4, 0.5) is 26.3 Å². The number of aliphatic carboxylic acids is 2. The first-order chi connectivity index (χ1) is 16.4. The van der Waals surface area contributed by atoms with Crippen LogP contribution in [-0.4, -0.2) is 102 Å². The molecule has 2 aliphatic rings. The molecule has 17 heteroatoms. The second-order valence-electron chi connectivity index (χ2n) is 7.83. The van der Waals surface area contributed by atoms with E-state index in [1.165, 1.54) is 6.26 Å². The van der Waals surface area contributed by atoms with Crippen molar-refractivity contribution in [2.24, 2.45) is 0 Å². The molecule has 2 aliphatic heterocycles. The molecule has 3 rings (SSSR count). The molecule has 1 aromatic heterocycles. The van der Waals surface area contributed by atoms with Crippen molar-refractivity contribution in [2.45, 2.75) is 49.9 Å². The highest BCUT2D eigenvalue weighted by atomic mass is 32.2. The van der Waals surface area contributed by atoms with Crippen molar-refractivity contribution in [1.82, 2.24) is 14.2 Å². The SMILES string of the molecule is CN(Cc1cccnc1)[C@@H]1CN(S(C)(=O)=O)[C@@H]2CCCO[C@H]12.O=C(O)C(F)(F)F.O=C(O)C(F)(F)F. The lowest BCUT2D eigenvalue weighted by Gasteiger charge is -2.34. The summed E-state index contributed by atoms with van der Waals surface area (Å²) in [4.78, 5) is 24.1. The first-order valence-corrected chi connectivity index (χ1v) is 12.0. The quantitative estimate of drug-likeness (QED) is 0.536. The summed E-state index contributed by atoms with van der Waals surface area (Å²) < 4.78 is 95.1. The zero-order valence-electron chi connectivity index (χ0n) is 19.0. The summed E-state index contributed by atoms with van der Waals surface area (Å²) in [6.45, 7) is 1.96. The smallest absolute Gasteiger partial charge is 0.475 e. The molecule has 0 spiro atoms. The van der Waals surface area contributed by atoms with Gasteiger partial charge in [-0.3, -0.25) is 9.88 Å². The van der Waals surface area contributed by atoms with E-state index in [0.717, 1.165) is 31.6 Å². The van der Waals surface area contributed by atoms with Gasteiger partial charge in [0.15, 0.2) is 0 Å². The number of rotatable bonds is 4. The molecule has 10 nitrogen and oxygen atoms in total. The molecule has 0 aromatic carbocycles. The van der Waals surface area contributed by atoms with E-state index in [4.69, 9.17) is 24.5 Å². The number of carbonyl (C=O) groups is 2. The number of pyridine rings is 1. The molecule has 0 bridgehead atoms. The number of halogens is 6. The normalized spacial score (nSPS) is 22.5. The Morgan fingerprint density at radius 1 is 1.17 bits per heavy atom. The molecular formula is C19H25F6N3O7S. The molecule has 0 unspecified atom stereocenters. The van der Waals surface area contributed by atoms with Gasteiger partial charge in [0.2, 0.25) is 10.0 Å². The first-order valence-electron chi connectivity index (χ1n) is 10.1. The number of carboxylic acid groups (broad SMARTS) is 2. The largest absolute Gasteiger partial charge is 0.490 e. The molecule has 2 fully saturated rings. The molecule has 36 heavy (non-hydrogen) atoms. The lowest BCUT2D eigenvalue weighted by Crippen LogP contribution is -2.46. The Hall–Kier alpha value is -2.50. The van der Waals surface area contributed by atoms with Crippen LogP contribution in [0.1, 0.15) is 18.4 Å². The number of aromatic nitrogens is 1. The van der Waals surface area contributed by atoms with Crippen LogP contribution in [-0.2, 0) is 30.9 Å². The Bertz CT molecular complexity index is 952. The zero-order valence-corrected chi connectivity index (χ0v) is 19.8. The Morgan fingerprint density at radius 3 is 2.11 bits per heavy atom. The van der Waals surface area contributed by atoms with Crippen LogP contribution in [0, 0.1) is 0 Å². The molecule has 1 aromatic rings. The highest BCUT2D eigenvalue weighted by molar-refractivity contribution is 7.88. The minimum atomic E-state index is -5.08. The number of hydrogen-bond donors (Lipinski definition) is 2. The van der Waals surface area contributed by atoms with E-state index in [2.05, 4.69) is 9.88 Å². The minimum absolute atomic E-state index is 0.0231. The van der Waals surface area contributed by atoms with Crippen LogP contribution < -0.4 is 0 Å². The Labute approximate surface area is 202 Å². The van der Waals surface area contributed by atoms with Gasteiger partial charge in [0, 0.05) is 32.1 Å². The van der Waals surface area contributed by atoms with Crippen LogP contribution in [0.2, 0.25) is 0 Å². The van der Waals surface area contributed by atoms with Gasteiger partial charge in [-0.15, -0.1) is 0 Å². The summed E-state index contributed by atoms with van der Waals surface area (Å²) in [5, 5.41) is 14.2. The van der Waals surface area contributed by atoms with E-state index in [-0.39, 0.29) is 18.2 Å². The van der Waals surface area contributed by atoms with E-state index < -0.39 is 34.3 Å². The molecule has 0 aliphatic carbocycles. The van der Waals surface area contributed by atoms with Gasteiger partial charge in [0.25, 0.3) is 0 Å². The maximum Gasteiger partial charge on any atom is 0.490 e. The van der Waals surface area contributed by atoms with Gasteiger partial charge in [-0.2, -0.15) is 30.6 Å². The average Bonchev–Trinajstić information content (AvgIpc) is 3.14. The van der Waals surface area contributed by atoms with Crippen LogP contribution in [0.15, 0.2) is 24.5 Å². The van der Waals surface area contributed by atoms with Crippen molar-refractivity contribution in [2.75, 3.05) is 26.5 Å². The Morgan fingerprint density at radius 2 is 1.69 bits per heavy atom. The summed E-state index contributed by atoms with van der Waals surface area (Å²) >= 11 is 0. The minimum Gasteiger partial charge on any atom is -0.475 e. The highest BCUT2D eigenvalue weighted by Crippen LogP contribution is 2.33. The van der Waals surface area contributed by atoms with E-state index in [0.29, 0.717) is 6.54 Å². The standard InChI is InChI=1S/C15H23N3O3S.2C2HF3O2/c1-17(10-12-5-3-7-16-9-12)14-11-18(22(2,19)20)13-6-4-8-21-15(13)14;2*3-2(4,5)1(6)7/h3,5,7,9,13-15H,4,6,8,10-11H2,1-2H3;2*(H,6,7)/t13-,14-,15+;;/m1../s1. The number of ether oxygens (including phenoxy) is 1. The molecule has 2 N–H and O–H groups in total. The molecule has 0 radical (unpaired) electrons. The number of likely N-dealkylation sites (N-methyl/N-ethyl adjacent to an activating group) is 1. The molecule has 206 valence electrons. The predicted octanol–water partition coefficient (Wildman–Crippen LogP) is 1.97. The maximum atomic E-state index is 12.1. The maximum absolute atomic E-state index is 12.1. The number of alkyl halides is 6. The van der Waals surface area contributed by atoms with E-state index in [9.17, 15) is 34.8 Å². The Kier molecular flexibility index (Phi) is 11.1. The van der Waals surface area contributed by atoms with Crippen molar-refractivity contribution >= 4 is 22.0 Å². The number of sulfonamides is 1. The third kappa shape index (κ3) is 9.87. The second kappa shape index (κ2) is 12.6. The van der Waals surface area contributed by atoms with Crippen molar-refractivity contribution < 1.29 is 59.3 Å². The summed E-state index contributed by atoms with van der Waals surface area (Å²) in [7, 11) is -1.17. The summed E-state index contributed by atoms with van der Waals surface area (Å²) in [5.41, 5.74) is 1.12. The summed E-state index contributed by atoms with van der Waals surface area (Å²) in [5.74, 6) is -5.51. The molecule has 2 saturated heterocycles.